The second-order valence-electron chi connectivity index (χ2n) is 7.60. The predicted molar refractivity (Wildman–Crippen MR) is 85.3 cm³/mol. The summed E-state index contributed by atoms with van der Waals surface area (Å²) in [4.78, 5) is 0. The van der Waals surface area contributed by atoms with Crippen LogP contribution in [0.15, 0.2) is 0 Å². The Kier molecular flexibility index (Phi) is 10.5. The molecule has 122 valence electrons. The zero-order valence-corrected chi connectivity index (χ0v) is 14.6. The maximum Gasteiger partial charge on any atom is 0.0598 e. The minimum absolute atomic E-state index is 0.0104. The van der Waals surface area contributed by atoms with Gasteiger partial charge in [0.25, 0.3) is 0 Å². The minimum atomic E-state index is -0.0104. The average Bonchev–Trinajstić information content (AvgIpc) is 2.27. The van der Waals surface area contributed by atoms with Gasteiger partial charge in [0, 0.05) is 26.4 Å². The lowest BCUT2D eigenvalue weighted by Crippen LogP contribution is -2.19. The van der Waals surface area contributed by atoms with Crippen molar-refractivity contribution in [1.82, 2.24) is 0 Å². The number of ether oxygens (including phenoxy) is 3. The maximum atomic E-state index is 5.67. The van der Waals surface area contributed by atoms with E-state index in [-0.39, 0.29) is 11.0 Å². The molecule has 0 fully saturated rings. The first-order chi connectivity index (χ1) is 9.21. The smallest absolute Gasteiger partial charge is 0.0598 e. The van der Waals surface area contributed by atoms with Crippen LogP contribution in [0.4, 0.5) is 0 Å². The van der Waals surface area contributed by atoms with Gasteiger partial charge >= 0.3 is 0 Å². The van der Waals surface area contributed by atoms with E-state index in [1.165, 1.54) is 6.42 Å². The largest absolute Gasteiger partial charge is 0.381 e. The first kappa shape index (κ1) is 19.9. The van der Waals surface area contributed by atoms with Gasteiger partial charge in [-0.25, -0.2) is 0 Å². The minimum Gasteiger partial charge on any atom is -0.381 e. The summed E-state index contributed by atoms with van der Waals surface area (Å²) in [5.74, 6) is 0. The van der Waals surface area contributed by atoms with E-state index in [0.29, 0.717) is 0 Å². The van der Waals surface area contributed by atoms with Gasteiger partial charge in [0.05, 0.1) is 12.2 Å². The second kappa shape index (κ2) is 10.6. The molecule has 0 aromatic rings. The van der Waals surface area contributed by atoms with E-state index < -0.39 is 0 Å². The molecule has 0 aromatic carbocycles. The van der Waals surface area contributed by atoms with Gasteiger partial charge < -0.3 is 14.2 Å². The molecule has 0 amide bonds. The van der Waals surface area contributed by atoms with E-state index in [1.54, 1.807) is 0 Å². The van der Waals surface area contributed by atoms with Gasteiger partial charge in [-0.1, -0.05) is 20.8 Å². The van der Waals surface area contributed by atoms with E-state index >= 15 is 0 Å². The zero-order chi connectivity index (χ0) is 15.5. The van der Waals surface area contributed by atoms with Gasteiger partial charge in [0.15, 0.2) is 0 Å². The van der Waals surface area contributed by atoms with Crippen molar-refractivity contribution in [3.63, 3.8) is 0 Å². The molecule has 0 bridgehead atoms. The van der Waals surface area contributed by atoms with E-state index in [1.807, 2.05) is 0 Å². The molecule has 0 atom stereocenters. The molecule has 0 radical (unpaired) electrons. The van der Waals surface area contributed by atoms with Crippen LogP contribution in [0.1, 0.15) is 67.2 Å². The Labute approximate surface area is 126 Å². The topological polar surface area (TPSA) is 27.7 Å². The number of hydrogen-bond acceptors (Lipinski definition) is 3. The third-order valence-electron chi connectivity index (χ3n) is 2.58. The highest BCUT2D eigenvalue weighted by Gasteiger charge is 2.09. The fraction of sp³-hybridized carbons (Fsp3) is 1.00. The highest BCUT2D eigenvalue weighted by atomic mass is 16.5. The summed E-state index contributed by atoms with van der Waals surface area (Å²) in [5.41, 5.74) is 0.250. The van der Waals surface area contributed by atoms with Crippen LogP contribution < -0.4 is 0 Å². The fourth-order valence-corrected chi connectivity index (χ4v) is 1.60. The normalized spacial score (nSPS) is 12.9. The first-order valence-electron chi connectivity index (χ1n) is 8.00. The quantitative estimate of drug-likeness (QED) is 0.526. The SMILES string of the molecule is CC(C)(C)COCCCOCCCCCOC(C)(C)C. The molecule has 0 heterocycles. The summed E-state index contributed by atoms with van der Waals surface area (Å²) < 4.78 is 16.9. The van der Waals surface area contributed by atoms with Crippen molar-refractivity contribution in [2.24, 2.45) is 5.41 Å². The van der Waals surface area contributed by atoms with Crippen LogP contribution in [0.25, 0.3) is 0 Å². The summed E-state index contributed by atoms with van der Waals surface area (Å²) in [5, 5.41) is 0. The Morgan fingerprint density at radius 2 is 1.15 bits per heavy atom. The van der Waals surface area contributed by atoms with E-state index in [9.17, 15) is 0 Å². The molecule has 0 aromatic heterocycles. The Hall–Kier alpha value is -0.120. The molecule has 0 saturated carbocycles. The number of rotatable bonds is 11. The van der Waals surface area contributed by atoms with Crippen LogP contribution in [-0.2, 0) is 14.2 Å². The summed E-state index contributed by atoms with van der Waals surface area (Å²) >= 11 is 0. The molecule has 0 rings (SSSR count). The number of hydrogen-bond donors (Lipinski definition) is 0. The molecule has 0 saturated heterocycles. The van der Waals surface area contributed by atoms with Gasteiger partial charge in [0.2, 0.25) is 0 Å². The molecule has 0 aliphatic rings. The lowest BCUT2D eigenvalue weighted by Gasteiger charge is -2.19. The highest BCUT2D eigenvalue weighted by molar-refractivity contribution is 4.59. The molecular weight excluding hydrogens is 252 g/mol. The van der Waals surface area contributed by atoms with Crippen molar-refractivity contribution < 1.29 is 14.2 Å². The highest BCUT2D eigenvalue weighted by Crippen LogP contribution is 2.12. The fourth-order valence-electron chi connectivity index (χ4n) is 1.60. The van der Waals surface area contributed by atoms with Crippen molar-refractivity contribution >= 4 is 0 Å². The molecule has 3 heteroatoms. The van der Waals surface area contributed by atoms with Crippen LogP contribution in [-0.4, -0.2) is 38.6 Å². The van der Waals surface area contributed by atoms with Crippen LogP contribution in [0.5, 0.6) is 0 Å². The summed E-state index contributed by atoms with van der Waals surface area (Å²) in [7, 11) is 0. The first-order valence-corrected chi connectivity index (χ1v) is 8.00. The molecular formula is C17H36O3. The molecule has 0 unspecified atom stereocenters. The summed E-state index contributed by atoms with van der Waals surface area (Å²) in [6.07, 6.45) is 4.41. The summed E-state index contributed by atoms with van der Waals surface area (Å²) in [6.45, 7) is 17.0. The third-order valence-corrected chi connectivity index (χ3v) is 2.58. The second-order valence-corrected chi connectivity index (χ2v) is 7.60. The molecule has 0 N–H and O–H groups in total. The zero-order valence-electron chi connectivity index (χ0n) is 14.6. The van der Waals surface area contributed by atoms with Gasteiger partial charge in [-0.3, -0.25) is 0 Å². The van der Waals surface area contributed by atoms with Gasteiger partial charge in [-0.15, -0.1) is 0 Å². The third kappa shape index (κ3) is 17.9. The van der Waals surface area contributed by atoms with Crippen LogP contribution >= 0.6 is 0 Å². The lowest BCUT2D eigenvalue weighted by molar-refractivity contribution is -0.00550. The van der Waals surface area contributed by atoms with Gasteiger partial charge in [-0.2, -0.15) is 0 Å². The Morgan fingerprint density at radius 3 is 1.75 bits per heavy atom. The maximum absolute atomic E-state index is 5.67. The molecule has 0 aliphatic carbocycles. The Bertz CT molecular complexity index is 189. The lowest BCUT2D eigenvalue weighted by atomic mass is 9.99. The van der Waals surface area contributed by atoms with Crippen molar-refractivity contribution in [3.05, 3.63) is 0 Å². The molecule has 20 heavy (non-hydrogen) atoms. The van der Waals surface area contributed by atoms with Gasteiger partial charge in [-0.05, 0) is 51.9 Å². The van der Waals surface area contributed by atoms with E-state index in [0.717, 1.165) is 52.3 Å². The monoisotopic (exact) mass is 288 g/mol. The van der Waals surface area contributed by atoms with Crippen LogP contribution in [0.3, 0.4) is 0 Å². The van der Waals surface area contributed by atoms with Crippen molar-refractivity contribution in [2.45, 2.75) is 72.8 Å². The standard InChI is InChI=1S/C17H36O3/c1-16(2,3)15-19-13-10-12-18-11-8-7-9-14-20-17(4,5)6/h7-15H2,1-6H3. The molecule has 0 aliphatic heterocycles. The van der Waals surface area contributed by atoms with Crippen LogP contribution in [0, 0.1) is 5.41 Å². The van der Waals surface area contributed by atoms with Crippen molar-refractivity contribution in [1.29, 1.82) is 0 Å². The van der Waals surface area contributed by atoms with E-state index in [2.05, 4.69) is 41.5 Å². The summed E-state index contributed by atoms with van der Waals surface area (Å²) in [6, 6.07) is 0. The van der Waals surface area contributed by atoms with Crippen LogP contribution in [0.2, 0.25) is 0 Å². The van der Waals surface area contributed by atoms with E-state index in [4.69, 9.17) is 14.2 Å². The van der Waals surface area contributed by atoms with Crippen molar-refractivity contribution in [3.8, 4) is 0 Å². The van der Waals surface area contributed by atoms with Crippen molar-refractivity contribution in [2.75, 3.05) is 33.0 Å². The molecule has 3 nitrogen and oxygen atoms in total. The molecule has 0 spiro atoms. The van der Waals surface area contributed by atoms with Gasteiger partial charge in [0.1, 0.15) is 0 Å². The Balaban J connectivity index is 3.10. The number of unbranched alkanes of at least 4 members (excludes halogenated alkanes) is 2. The predicted octanol–water partition coefficient (Wildman–Crippen LogP) is 4.44. The Morgan fingerprint density at radius 1 is 0.600 bits per heavy atom. The average molecular weight is 288 g/mol.